The first-order valence-electron chi connectivity index (χ1n) is 12.0. The van der Waals surface area contributed by atoms with Gasteiger partial charge in [-0.3, -0.25) is 0 Å². The second-order valence-corrected chi connectivity index (χ2v) is 9.15. The van der Waals surface area contributed by atoms with Crippen LogP contribution in [-0.4, -0.2) is 17.4 Å². The van der Waals surface area contributed by atoms with Crippen LogP contribution < -0.4 is 9.55 Å². The van der Waals surface area contributed by atoms with Gasteiger partial charge in [0.2, 0.25) is 0 Å². The second-order valence-electron chi connectivity index (χ2n) is 9.15. The summed E-state index contributed by atoms with van der Waals surface area (Å²) in [5, 5.41) is 18.4. The molecule has 1 spiro atoms. The molecule has 1 heterocycles. The van der Waals surface area contributed by atoms with E-state index >= 15 is 0 Å². The van der Waals surface area contributed by atoms with E-state index in [0.717, 1.165) is 17.1 Å². The maximum absolute atomic E-state index is 9.19. The number of rotatable bonds is 3. The largest absolute Gasteiger partial charge is 0.707 e. The smallest absolute Gasteiger partial charge is 0.512 e. The number of nitrogens with zero attached hydrogens (tertiary/aromatic N) is 1. The number of hydrogen-bond donors (Lipinski definition) is 2. The Hall–Kier alpha value is -4.32. The Morgan fingerprint density at radius 3 is 1.47 bits per heavy atom. The van der Waals surface area contributed by atoms with E-state index in [1.165, 1.54) is 33.4 Å². The fraction of sp³-hybridized carbons (Fsp3) is 0.0323. The molecule has 4 nitrogen and oxygen atoms in total. The summed E-state index contributed by atoms with van der Waals surface area (Å²) in [5.41, 5.74) is 10.4. The molecule has 36 heavy (non-hydrogen) atoms. The third kappa shape index (κ3) is 2.78. The van der Waals surface area contributed by atoms with E-state index in [2.05, 4.69) is 102 Å². The van der Waals surface area contributed by atoms with E-state index in [1.807, 2.05) is 12.1 Å². The van der Waals surface area contributed by atoms with Crippen LogP contribution in [0.2, 0.25) is 0 Å². The Morgan fingerprint density at radius 1 is 0.528 bits per heavy atom. The third-order valence-electron chi connectivity index (χ3n) is 7.39. The molecule has 0 saturated carbocycles. The van der Waals surface area contributed by atoms with E-state index in [0.29, 0.717) is 5.75 Å². The highest BCUT2D eigenvalue weighted by Crippen LogP contribution is 2.63. The molecule has 7 rings (SSSR count). The lowest BCUT2D eigenvalue weighted by molar-refractivity contribution is 0.288. The maximum Gasteiger partial charge on any atom is 0.707 e. The van der Waals surface area contributed by atoms with Crippen molar-refractivity contribution in [1.29, 1.82) is 0 Å². The second kappa shape index (κ2) is 7.85. The summed E-state index contributed by atoms with van der Waals surface area (Å²) in [6, 6.07) is 42.2. The van der Waals surface area contributed by atoms with Crippen molar-refractivity contribution in [3.8, 4) is 16.9 Å². The molecule has 0 radical (unpaired) electrons. The van der Waals surface area contributed by atoms with E-state index in [4.69, 9.17) is 4.65 Å². The van der Waals surface area contributed by atoms with Gasteiger partial charge in [-0.15, -0.1) is 0 Å². The topological polar surface area (TPSA) is 52.9 Å². The van der Waals surface area contributed by atoms with Crippen LogP contribution in [0.1, 0.15) is 22.3 Å². The van der Waals surface area contributed by atoms with Crippen molar-refractivity contribution in [2.75, 3.05) is 4.90 Å². The fourth-order valence-corrected chi connectivity index (χ4v) is 6.14. The minimum atomic E-state index is -1.85. The van der Waals surface area contributed by atoms with Crippen LogP contribution >= 0.6 is 0 Å². The van der Waals surface area contributed by atoms with Gasteiger partial charge in [0.05, 0.1) is 16.8 Å². The molecule has 5 aromatic carbocycles. The predicted molar refractivity (Wildman–Crippen MR) is 143 cm³/mol. The van der Waals surface area contributed by atoms with Crippen molar-refractivity contribution in [2.45, 2.75) is 5.41 Å². The summed E-state index contributed by atoms with van der Waals surface area (Å²) >= 11 is 0. The minimum Gasteiger partial charge on any atom is -0.512 e. The normalized spacial score (nSPS) is 14.0. The molecule has 0 atom stereocenters. The summed E-state index contributed by atoms with van der Waals surface area (Å²) in [5.74, 6) is 0.391. The molecule has 2 aliphatic rings. The van der Waals surface area contributed by atoms with E-state index in [9.17, 15) is 10.0 Å². The van der Waals surface area contributed by atoms with Gasteiger partial charge in [-0.1, -0.05) is 84.9 Å². The first kappa shape index (κ1) is 21.0. The number of hydrogen-bond acceptors (Lipinski definition) is 4. The molecule has 0 fully saturated rings. The van der Waals surface area contributed by atoms with Crippen LogP contribution in [0, 0.1) is 0 Å². The highest BCUT2D eigenvalue weighted by molar-refractivity contribution is 6.33. The van der Waals surface area contributed by atoms with Crippen LogP contribution in [0.15, 0.2) is 121 Å². The molecule has 5 heteroatoms. The quantitative estimate of drug-likeness (QED) is 0.305. The molecule has 172 valence electrons. The summed E-state index contributed by atoms with van der Waals surface area (Å²) in [4.78, 5) is 2.28. The van der Waals surface area contributed by atoms with Crippen molar-refractivity contribution in [3.05, 3.63) is 144 Å². The Bertz CT molecular complexity index is 1520. The van der Waals surface area contributed by atoms with Crippen LogP contribution in [0.5, 0.6) is 5.75 Å². The summed E-state index contributed by atoms with van der Waals surface area (Å²) in [6.45, 7) is 0. The van der Waals surface area contributed by atoms with Crippen LogP contribution in [0.3, 0.4) is 0 Å². The van der Waals surface area contributed by atoms with Gasteiger partial charge in [-0.05, 0) is 69.8 Å². The Balaban J connectivity index is 1.54. The maximum atomic E-state index is 9.19. The first-order chi connectivity index (χ1) is 17.7. The molecular weight excluding hydrogens is 445 g/mol. The highest BCUT2D eigenvalue weighted by atomic mass is 16.6. The molecule has 5 aromatic rings. The van der Waals surface area contributed by atoms with Crippen LogP contribution in [0.4, 0.5) is 17.1 Å². The van der Waals surface area contributed by atoms with Crippen molar-refractivity contribution >= 4 is 24.4 Å². The lowest BCUT2D eigenvalue weighted by Gasteiger charge is -2.45. The first-order valence-corrected chi connectivity index (χ1v) is 12.0. The van der Waals surface area contributed by atoms with Gasteiger partial charge in [-0.25, -0.2) is 0 Å². The number of para-hydroxylation sites is 2. The Morgan fingerprint density at radius 2 is 0.972 bits per heavy atom. The van der Waals surface area contributed by atoms with Crippen molar-refractivity contribution in [1.82, 2.24) is 0 Å². The molecule has 0 bridgehead atoms. The third-order valence-corrected chi connectivity index (χ3v) is 7.39. The molecule has 0 unspecified atom stereocenters. The van der Waals surface area contributed by atoms with Gasteiger partial charge in [0, 0.05) is 5.69 Å². The Kier molecular flexibility index (Phi) is 4.58. The van der Waals surface area contributed by atoms with E-state index < -0.39 is 12.7 Å². The highest BCUT2D eigenvalue weighted by Gasteiger charge is 2.51. The number of anilines is 3. The van der Waals surface area contributed by atoms with Crippen LogP contribution in [0.25, 0.3) is 11.1 Å². The Labute approximate surface area is 209 Å². The molecule has 1 aliphatic carbocycles. The van der Waals surface area contributed by atoms with Gasteiger partial charge in [-0.2, -0.15) is 0 Å². The zero-order valence-electron chi connectivity index (χ0n) is 19.4. The zero-order valence-corrected chi connectivity index (χ0v) is 19.4. The molecule has 0 saturated heterocycles. The van der Waals surface area contributed by atoms with Crippen molar-refractivity contribution in [3.63, 3.8) is 0 Å². The molecular formula is C31H22BNO3. The molecule has 0 amide bonds. The minimum absolute atomic E-state index is 0.391. The van der Waals surface area contributed by atoms with Gasteiger partial charge < -0.3 is 19.6 Å². The van der Waals surface area contributed by atoms with Gasteiger partial charge in [0.25, 0.3) is 0 Å². The molecule has 0 aromatic heterocycles. The summed E-state index contributed by atoms with van der Waals surface area (Å²) in [6.07, 6.45) is 0. The van der Waals surface area contributed by atoms with Gasteiger partial charge in [0.1, 0.15) is 5.75 Å². The van der Waals surface area contributed by atoms with Gasteiger partial charge in [0.15, 0.2) is 0 Å². The monoisotopic (exact) mass is 467 g/mol. The predicted octanol–water partition coefficient (Wildman–Crippen LogP) is 6.18. The molecule has 2 N–H and O–H groups in total. The van der Waals surface area contributed by atoms with E-state index in [1.54, 1.807) is 12.1 Å². The standard InChI is InChI=1S/C31H22BNO3/c34-32(35)36-22-19-17-21(18-20-22)33-29-15-7-5-13-27(29)31(28-14-6-8-16-30(28)33)25-11-3-1-9-23(25)24-10-2-4-12-26(24)31/h1-20,34-35H. The average molecular weight is 467 g/mol. The van der Waals surface area contributed by atoms with Gasteiger partial charge >= 0.3 is 7.32 Å². The number of benzene rings is 5. The lowest BCUT2D eigenvalue weighted by atomic mass is 9.64. The summed E-state index contributed by atoms with van der Waals surface area (Å²) < 4.78 is 5.04. The average Bonchev–Trinajstić information content (AvgIpc) is 3.21. The fourth-order valence-electron chi connectivity index (χ4n) is 6.14. The van der Waals surface area contributed by atoms with E-state index in [-0.39, 0.29) is 0 Å². The number of fused-ring (bicyclic) bond motifs is 9. The SMILES string of the molecule is OB(O)Oc1ccc(N2c3ccccc3C3(c4ccccc4-c4ccccc43)c3ccccc32)cc1. The van der Waals surface area contributed by atoms with Crippen molar-refractivity contribution < 1.29 is 14.7 Å². The lowest BCUT2D eigenvalue weighted by Crippen LogP contribution is -2.36. The summed E-state index contributed by atoms with van der Waals surface area (Å²) in [7, 11) is -1.85. The van der Waals surface area contributed by atoms with Crippen LogP contribution in [-0.2, 0) is 5.41 Å². The van der Waals surface area contributed by atoms with Crippen molar-refractivity contribution in [2.24, 2.45) is 0 Å². The zero-order chi connectivity index (χ0) is 24.3. The molecule has 1 aliphatic heterocycles.